The molecule has 0 fully saturated rings. The Hall–Kier alpha value is -3.29. The molecule has 0 radical (unpaired) electrons. The molecule has 3 rings (SSSR count). The highest BCUT2D eigenvalue weighted by molar-refractivity contribution is 5.93. The molecule has 0 spiro atoms. The molecule has 0 saturated carbocycles. The predicted octanol–water partition coefficient (Wildman–Crippen LogP) is 1.93. The normalized spacial score (nSPS) is 12.1. The van der Waals surface area contributed by atoms with Crippen LogP contribution in [0.15, 0.2) is 40.2 Å². The van der Waals surface area contributed by atoms with Gasteiger partial charge in [0.25, 0.3) is 5.56 Å². The van der Waals surface area contributed by atoms with E-state index in [1.165, 1.54) is 17.4 Å². The first-order valence-electron chi connectivity index (χ1n) is 9.10. The molecule has 0 aliphatic rings. The molecule has 0 aliphatic heterocycles. The number of rotatable bonds is 4. The van der Waals surface area contributed by atoms with Crippen molar-refractivity contribution in [2.75, 3.05) is 6.61 Å². The Balaban J connectivity index is 2.56. The van der Waals surface area contributed by atoms with Crippen molar-refractivity contribution >= 4 is 28.6 Å². The highest BCUT2D eigenvalue weighted by Gasteiger charge is 2.20. The third kappa shape index (κ3) is 3.58. The molecule has 1 amide bonds. The van der Waals surface area contributed by atoms with E-state index in [9.17, 15) is 14.4 Å². The van der Waals surface area contributed by atoms with Crippen LogP contribution in [0.1, 0.15) is 38.1 Å². The number of ether oxygens (including phenoxy) is 1. The summed E-state index contributed by atoms with van der Waals surface area (Å²) in [4.78, 5) is 46.1. The van der Waals surface area contributed by atoms with Gasteiger partial charge in [0.1, 0.15) is 16.9 Å². The Kier molecular flexibility index (Phi) is 5.39. The maximum atomic E-state index is 13.1. The molecule has 0 aromatic carbocycles. The number of carbonyl (C=O) groups is 2. The largest absolute Gasteiger partial charge is 0.462 e. The summed E-state index contributed by atoms with van der Waals surface area (Å²) in [5, 5.41) is 0.259. The third-order valence-electron chi connectivity index (χ3n) is 4.10. The van der Waals surface area contributed by atoms with Crippen molar-refractivity contribution in [3.8, 4) is 0 Å². The maximum Gasteiger partial charge on any atom is 0.341 e. The Morgan fingerprint density at radius 3 is 2.68 bits per heavy atom. The van der Waals surface area contributed by atoms with Crippen LogP contribution in [-0.2, 0) is 16.1 Å². The van der Waals surface area contributed by atoms with E-state index in [2.05, 4.69) is 9.98 Å². The second-order valence-corrected chi connectivity index (χ2v) is 6.82. The zero-order chi connectivity index (χ0) is 20.4. The fourth-order valence-corrected chi connectivity index (χ4v) is 3.04. The maximum absolute atomic E-state index is 13.1. The van der Waals surface area contributed by atoms with Gasteiger partial charge in [-0.3, -0.25) is 14.0 Å². The lowest BCUT2D eigenvalue weighted by Gasteiger charge is -2.16. The minimum absolute atomic E-state index is 0.0694. The molecule has 0 atom stereocenters. The van der Waals surface area contributed by atoms with Crippen LogP contribution in [0.2, 0.25) is 0 Å². The lowest BCUT2D eigenvalue weighted by atomic mass is 10.1. The summed E-state index contributed by atoms with van der Waals surface area (Å²) in [7, 11) is 0. The Morgan fingerprint density at radius 2 is 2.04 bits per heavy atom. The van der Waals surface area contributed by atoms with Gasteiger partial charge in [0.2, 0.25) is 5.91 Å². The van der Waals surface area contributed by atoms with Gasteiger partial charge >= 0.3 is 5.97 Å². The van der Waals surface area contributed by atoms with Gasteiger partial charge in [-0.15, -0.1) is 0 Å². The zero-order valence-electron chi connectivity index (χ0n) is 16.3. The quantitative estimate of drug-likeness (QED) is 0.508. The van der Waals surface area contributed by atoms with Crippen LogP contribution < -0.4 is 11.0 Å². The monoisotopic (exact) mass is 382 g/mol. The number of pyridine rings is 2. The summed E-state index contributed by atoms with van der Waals surface area (Å²) in [5.41, 5.74) is 0.755. The third-order valence-corrected chi connectivity index (χ3v) is 4.10. The van der Waals surface area contributed by atoms with Gasteiger partial charge in [-0.1, -0.05) is 19.9 Å². The van der Waals surface area contributed by atoms with E-state index < -0.39 is 11.9 Å². The lowest BCUT2D eigenvalue weighted by molar-refractivity contribution is -0.116. The van der Waals surface area contributed by atoms with Crippen LogP contribution in [0.5, 0.6) is 0 Å². The van der Waals surface area contributed by atoms with Crippen molar-refractivity contribution in [2.24, 2.45) is 10.9 Å². The summed E-state index contributed by atoms with van der Waals surface area (Å²) in [6.45, 7) is 7.55. The first-order valence-corrected chi connectivity index (χ1v) is 9.10. The van der Waals surface area contributed by atoms with Crippen LogP contribution in [0.4, 0.5) is 0 Å². The van der Waals surface area contributed by atoms with E-state index in [0.29, 0.717) is 17.8 Å². The molecule has 3 aromatic rings. The summed E-state index contributed by atoms with van der Waals surface area (Å²) >= 11 is 0. The lowest BCUT2D eigenvalue weighted by Crippen LogP contribution is -2.33. The Labute approximate surface area is 161 Å². The molecule has 28 heavy (non-hydrogen) atoms. The van der Waals surface area contributed by atoms with E-state index in [1.54, 1.807) is 35.9 Å². The molecule has 146 valence electrons. The average molecular weight is 382 g/mol. The van der Waals surface area contributed by atoms with Crippen molar-refractivity contribution in [2.45, 2.75) is 34.2 Å². The van der Waals surface area contributed by atoms with Crippen LogP contribution in [0.3, 0.4) is 0 Å². The minimum atomic E-state index is -0.639. The van der Waals surface area contributed by atoms with Gasteiger partial charge in [-0.05, 0) is 31.0 Å². The number of esters is 1. The van der Waals surface area contributed by atoms with Gasteiger partial charge in [0.15, 0.2) is 5.49 Å². The average Bonchev–Trinajstić information content (AvgIpc) is 2.63. The van der Waals surface area contributed by atoms with Crippen LogP contribution in [0, 0.1) is 5.92 Å². The summed E-state index contributed by atoms with van der Waals surface area (Å²) in [5.74, 6) is -0.943. The highest BCUT2D eigenvalue weighted by Crippen LogP contribution is 2.13. The molecular weight excluding hydrogens is 360 g/mol. The zero-order valence-corrected chi connectivity index (χ0v) is 16.3. The highest BCUT2D eigenvalue weighted by atomic mass is 16.5. The van der Waals surface area contributed by atoms with Crippen molar-refractivity contribution in [1.29, 1.82) is 0 Å². The number of hydrogen-bond donors (Lipinski definition) is 0. The fourth-order valence-electron chi connectivity index (χ4n) is 3.04. The standard InChI is InChI=1S/C20H22N4O4/c1-5-28-20(27)15-10-14-17(22-16-8-6-7-9-23(16)19(14)26)24(11-12(2)3)18(15)21-13(4)25/h6-10,12H,5,11H2,1-4H3. The van der Waals surface area contributed by atoms with E-state index in [1.807, 2.05) is 13.8 Å². The van der Waals surface area contributed by atoms with Gasteiger partial charge in [-0.2, -0.15) is 4.99 Å². The first-order chi connectivity index (χ1) is 13.3. The summed E-state index contributed by atoms with van der Waals surface area (Å²) in [6, 6.07) is 6.66. The van der Waals surface area contributed by atoms with Gasteiger partial charge < -0.3 is 9.30 Å². The SMILES string of the molecule is CCOC(=O)c1cc2c(=O)n3ccccc3nc2n(CC(C)C)c1=NC(C)=O. The molecular formula is C20H22N4O4. The molecule has 8 nitrogen and oxygen atoms in total. The molecule has 0 saturated heterocycles. The summed E-state index contributed by atoms with van der Waals surface area (Å²) in [6.07, 6.45) is 1.62. The smallest absolute Gasteiger partial charge is 0.341 e. The van der Waals surface area contributed by atoms with Crippen LogP contribution >= 0.6 is 0 Å². The van der Waals surface area contributed by atoms with Gasteiger partial charge in [-0.25, -0.2) is 9.78 Å². The van der Waals surface area contributed by atoms with Gasteiger partial charge in [0.05, 0.1) is 12.0 Å². The molecule has 3 heterocycles. The van der Waals surface area contributed by atoms with Crippen molar-refractivity contribution < 1.29 is 14.3 Å². The molecule has 8 heteroatoms. The van der Waals surface area contributed by atoms with Crippen molar-refractivity contribution in [3.63, 3.8) is 0 Å². The molecule has 3 aromatic heterocycles. The van der Waals surface area contributed by atoms with Crippen molar-refractivity contribution in [1.82, 2.24) is 14.0 Å². The Morgan fingerprint density at radius 1 is 1.29 bits per heavy atom. The number of nitrogens with zero attached hydrogens (tertiary/aromatic N) is 4. The molecule has 0 unspecified atom stereocenters. The van der Waals surface area contributed by atoms with E-state index >= 15 is 0 Å². The fraction of sp³-hybridized carbons (Fsp3) is 0.350. The van der Waals surface area contributed by atoms with E-state index in [4.69, 9.17) is 4.74 Å². The molecule has 0 N–H and O–H groups in total. The molecule has 0 aliphatic carbocycles. The minimum Gasteiger partial charge on any atom is -0.462 e. The second-order valence-electron chi connectivity index (χ2n) is 6.82. The topological polar surface area (TPSA) is 95.0 Å². The number of carbonyl (C=O) groups excluding carboxylic acids is 2. The van der Waals surface area contributed by atoms with Crippen LogP contribution in [-0.4, -0.2) is 32.4 Å². The number of aromatic nitrogens is 3. The predicted molar refractivity (Wildman–Crippen MR) is 104 cm³/mol. The van der Waals surface area contributed by atoms with Gasteiger partial charge in [0, 0.05) is 19.7 Å². The second kappa shape index (κ2) is 7.75. The Bertz CT molecular complexity index is 1200. The number of hydrogen-bond acceptors (Lipinski definition) is 5. The van der Waals surface area contributed by atoms with E-state index in [0.717, 1.165) is 0 Å². The van der Waals surface area contributed by atoms with E-state index in [-0.39, 0.29) is 34.5 Å². The number of fused-ring (bicyclic) bond motifs is 2. The van der Waals surface area contributed by atoms with Crippen LogP contribution in [0.25, 0.3) is 16.7 Å². The number of amides is 1. The summed E-state index contributed by atoms with van der Waals surface area (Å²) < 4.78 is 8.20. The first kappa shape index (κ1) is 19.5. The molecule has 0 bridgehead atoms. The van der Waals surface area contributed by atoms with Crippen molar-refractivity contribution in [3.05, 3.63) is 51.9 Å².